The lowest BCUT2D eigenvalue weighted by Crippen LogP contribution is -2.25. The quantitative estimate of drug-likeness (QED) is 0.560. The monoisotopic (exact) mass is 359 g/mol. The van der Waals surface area contributed by atoms with Gasteiger partial charge in [-0.25, -0.2) is 9.97 Å². The maximum Gasteiger partial charge on any atom is 0.272 e. The van der Waals surface area contributed by atoms with Gasteiger partial charge < -0.3 is 9.73 Å². The number of benzene rings is 2. The molecule has 134 valence electrons. The molecule has 0 saturated carbocycles. The van der Waals surface area contributed by atoms with Gasteiger partial charge in [0, 0.05) is 10.9 Å². The van der Waals surface area contributed by atoms with Crippen molar-refractivity contribution < 1.29 is 14.0 Å². The summed E-state index contributed by atoms with van der Waals surface area (Å²) >= 11 is 0. The molecule has 1 amide bonds. The minimum absolute atomic E-state index is 0.00157. The summed E-state index contributed by atoms with van der Waals surface area (Å²) in [5.41, 5.74) is 3.59. The Labute approximate surface area is 155 Å². The number of nitrogens with one attached hydrogen (secondary N) is 1. The van der Waals surface area contributed by atoms with Crippen LogP contribution >= 0.6 is 0 Å². The summed E-state index contributed by atoms with van der Waals surface area (Å²) in [6.45, 7) is 3.50. The molecule has 2 heterocycles. The van der Waals surface area contributed by atoms with E-state index in [1.807, 2.05) is 30.3 Å². The van der Waals surface area contributed by atoms with Gasteiger partial charge in [0.25, 0.3) is 5.91 Å². The average Bonchev–Trinajstić information content (AvgIpc) is 3.07. The standard InChI is InChI=1S/C21H17N3O3/c1-12-20(24-18-6-4-3-5-17(18)23-12)21(26)22-11-16-10-15-9-14(13(2)25)7-8-19(15)27-16/h3-10H,11H2,1-2H3,(H,22,26). The van der Waals surface area contributed by atoms with Gasteiger partial charge in [-0.2, -0.15) is 0 Å². The van der Waals surface area contributed by atoms with Crippen molar-refractivity contribution in [2.24, 2.45) is 0 Å². The number of para-hydroxylation sites is 2. The number of hydrogen-bond donors (Lipinski definition) is 1. The fourth-order valence-electron chi connectivity index (χ4n) is 2.96. The van der Waals surface area contributed by atoms with Crippen LogP contribution in [0.5, 0.6) is 0 Å². The van der Waals surface area contributed by atoms with Gasteiger partial charge >= 0.3 is 0 Å². The lowest BCUT2D eigenvalue weighted by Gasteiger charge is -2.06. The van der Waals surface area contributed by atoms with E-state index in [2.05, 4.69) is 15.3 Å². The number of rotatable bonds is 4. The number of aryl methyl sites for hydroxylation is 1. The number of furan rings is 1. The summed E-state index contributed by atoms with van der Waals surface area (Å²) in [7, 11) is 0. The molecule has 4 aromatic rings. The Morgan fingerprint density at radius 2 is 1.78 bits per heavy atom. The first-order valence-electron chi connectivity index (χ1n) is 8.56. The highest BCUT2D eigenvalue weighted by Gasteiger charge is 2.14. The van der Waals surface area contributed by atoms with Crippen LogP contribution in [0.15, 0.2) is 52.9 Å². The number of hydrogen-bond acceptors (Lipinski definition) is 5. The lowest BCUT2D eigenvalue weighted by molar-refractivity contribution is 0.0941. The van der Waals surface area contributed by atoms with E-state index in [1.165, 1.54) is 6.92 Å². The molecule has 6 heteroatoms. The summed E-state index contributed by atoms with van der Waals surface area (Å²) in [5.74, 6) is 0.291. The van der Waals surface area contributed by atoms with Crippen molar-refractivity contribution in [1.29, 1.82) is 0 Å². The smallest absolute Gasteiger partial charge is 0.272 e. The molecule has 2 aromatic carbocycles. The number of Topliss-reactive ketones (excluding diaryl/α,β-unsaturated/α-hetero) is 1. The Morgan fingerprint density at radius 1 is 1.04 bits per heavy atom. The molecule has 0 bridgehead atoms. The third kappa shape index (κ3) is 3.29. The van der Waals surface area contributed by atoms with Gasteiger partial charge in [0.1, 0.15) is 17.0 Å². The summed E-state index contributed by atoms with van der Waals surface area (Å²) < 4.78 is 5.73. The molecule has 4 rings (SSSR count). The molecular weight excluding hydrogens is 342 g/mol. The van der Waals surface area contributed by atoms with E-state index in [1.54, 1.807) is 25.1 Å². The molecular formula is C21H17N3O3. The van der Waals surface area contributed by atoms with E-state index in [9.17, 15) is 9.59 Å². The van der Waals surface area contributed by atoms with E-state index in [4.69, 9.17) is 4.42 Å². The van der Waals surface area contributed by atoms with E-state index >= 15 is 0 Å². The molecule has 0 saturated heterocycles. The predicted octanol–water partition coefficient (Wildman–Crippen LogP) is 3.82. The normalized spacial score (nSPS) is 11.0. The van der Waals surface area contributed by atoms with Gasteiger partial charge in [0.2, 0.25) is 0 Å². The van der Waals surface area contributed by atoms with Gasteiger partial charge in [0.05, 0.1) is 23.3 Å². The number of aromatic nitrogens is 2. The first-order valence-corrected chi connectivity index (χ1v) is 8.56. The lowest BCUT2D eigenvalue weighted by atomic mass is 10.1. The summed E-state index contributed by atoms with van der Waals surface area (Å²) in [4.78, 5) is 32.9. The zero-order valence-corrected chi connectivity index (χ0v) is 14.9. The van der Waals surface area contributed by atoms with Gasteiger partial charge in [-0.15, -0.1) is 0 Å². The third-order valence-corrected chi connectivity index (χ3v) is 4.36. The second kappa shape index (κ2) is 6.64. The molecule has 27 heavy (non-hydrogen) atoms. The van der Waals surface area contributed by atoms with E-state index in [0.717, 1.165) is 10.9 Å². The second-order valence-electron chi connectivity index (χ2n) is 6.35. The molecule has 0 aliphatic carbocycles. The van der Waals surface area contributed by atoms with Crippen molar-refractivity contribution in [2.45, 2.75) is 20.4 Å². The third-order valence-electron chi connectivity index (χ3n) is 4.36. The number of carbonyl (C=O) groups is 2. The number of carbonyl (C=O) groups excluding carboxylic acids is 2. The van der Waals surface area contributed by atoms with Crippen LogP contribution in [0.1, 0.15) is 39.2 Å². The molecule has 2 aromatic heterocycles. The molecule has 0 radical (unpaired) electrons. The number of ketones is 1. The van der Waals surface area contributed by atoms with Crippen molar-refractivity contribution in [1.82, 2.24) is 15.3 Å². The summed E-state index contributed by atoms with van der Waals surface area (Å²) in [6, 6.07) is 14.5. The van der Waals surface area contributed by atoms with Crippen LogP contribution in [-0.2, 0) is 6.54 Å². The van der Waals surface area contributed by atoms with Gasteiger partial charge in [-0.05, 0) is 50.2 Å². The minimum atomic E-state index is -0.310. The van der Waals surface area contributed by atoms with Crippen LogP contribution in [0.4, 0.5) is 0 Å². The predicted molar refractivity (Wildman–Crippen MR) is 102 cm³/mol. The Kier molecular flexibility index (Phi) is 4.16. The largest absolute Gasteiger partial charge is 0.459 e. The fourth-order valence-corrected chi connectivity index (χ4v) is 2.96. The number of nitrogens with zero attached hydrogens (tertiary/aromatic N) is 2. The zero-order chi connectivity index (χ0) is 19.0. The van der Waals surface area contributed by atoms with E-state index in [-0.39, 0.29) is 18.2 Å². The first-order chi connectivity index (χ1) is 13.0. The SMILES string of the molecule is CC(=O)c1ccc2oc(CNC(=O)c3nc4ccccc4nc3C)cc2c1. The molecule has 6 nitrogen and oxygen atoms in total. The summed E-state index contributed by atoms with van der Waals surface area (Å²) in [5, 5.41) is 3.64. The molecule has 1 N–H and O–H groups in total. The average molecular weight is 359 g/mol. The second-order valence-corrected chi connectivity index (χ2v) is 6.35. The van der Waals surface area contributed by atoms with Crippen molar-refractivity contribution >= 4 is 33.7 Å². The van der Waals surface area contributed by atoms with Crippen LogP contribution < -0.4 is 5.32 Å². The van der Waals surface area contributed by atoms with Crippen LogP contribution in [0.3, 0.4) is 0 Å². The maximum atomic E-state index is 12.5. The molecule has 0 aliphatic heterocycles. The van der Waals surface area contributed by atoms with Crippen molar-refractivity contribution in [3.05, 3.63) is 71.2 Å². The van der Waals surface area contributed by atoms with Crippen LogP contribution in [0, 0.1) is 6.92 Å². The van der Waals surface area contributed by atoms with Crippen molar-refractivity contribution in [3.8, 4) is 0 Å². The number of amides is 1. The Bertz CT molecular complexity index is 1190. The van der Waals surface area contributed by atoms with Gasteiger partial charge in [-0.3, -0.25) is 9.59 Å². The molecule has 0 spiro atoms. The van der Waals surface area contributed by atoms with Crippen molar-refractivity contribution in [3.63, 3.8) is 0 Å². The number of fused-ring (bicyclic) bond motifs is 2. The van der Waals surface area contributed by atoms with Crippen molar-refractivity contribution in [2.75, 3.05) is 0 Å². The molecule has 0 atom stereocenters. The Hall–Kier alpha value is -3.54. The molecule has 0 fully saturated rings. The zero-order valence-electron chi connectivity index (χ0n) is 14.9. The Balaban J connectivity index is 1.54. The highest BCUT2D eigenvalue weighted by molar-refractivity contribution is 5.98. The van der Waals surface area contributed by atoms with E-state index < -0.39 is 0 Å². The fraction of sp³-hybridized carbons (Fsp3) is 0.143. The molecule has 0 unspecified atom stereocenters. The Morgan fingerprint density at radius 3 is 2.52 bits per heavy atom. The van der Waals surface area contributed by atoms with Gasteiger partial charge in [-0.1, -0.05) is 12.1 Å². The minimum Gasteiger partial charge on any atom is -0.459 e. The topological polar surface area (TPSA) is 85.1 Å². The van der Waals surface area contributed by atoms with E-state index in [0.29, 0.717) is 33.8 Å². The van der Waals surface area contributed by atoms with Crippen LogP contribution in [0.2, 0.25) is 0 Å². The highest BCUT2D eigenvalue weighted by Crippen LogP contribution is 2.21. The first kappa shape index (κ1) is 16.9. The van der Waals surface area contributed by atoms with Gasteiger partial charge in [0.15, 0.2) is 5.78 Å². The maximum absolute atomic E-state index is 12.5. The van der Waals surface area contributed by atoms with Crippen LogP contribution in [0.25, 0.3) is 22.0 Å². The summed E-state index contributed by atoms with van der Waals surface area (Å²) in [6.07, 6.45) is 0. The molecule has 0 aliphatic rings. The highest BCUT2D eigenvalue weighted by atomic mass is 16.3. The van der Waals surface area contributed by atoms with Crippen LogP contribution in [-0.4, -0.2) is 21.7 Å².